The average Bonchev–Trinajstić information content (AvgIpc) is 3.11. The molecule has 1 aromatic carbocycles. The second-order valence-electron chi connectivity index (χ2n) is 5.33. The molecule has 1 aromatic heterocycles. The molecule has 2 aromatic rings. The van der Waals surface area contributed by atoms with Gasteiger partial charge in [0, 0.05) is 23.4 Å². The lowest BCUT2D eigenvalue weighted by Crippen LogP contribution is -2.23. The first-order chi connectivity index (χ1) is 9.76. The number of hydrogen-bond acceptors (Lipinski definition) is 4. The molecular formula is C16H20N2OS. The van der Waals surface area contributed by atoms with Crippen molar-refractivity contribution in [1.82, 2.24) is 10.3 Å². The zero-order valence-electron chi connectivity index (χ0n) is 12.0. The number of thiazole rings is 1. The third kappa shape index (κ3) is 2.86. The number of benzene rings is 1. The lowest BCUT2D eigenvalue weighted by molar-refractivity contribution is 0.416. The van der Waals surface area contributed by atoms with Gasteiger partial charge >= 0.3 is 0 Å². The molecule has 2 heterocycles. The Morgan fingerprint density at radius 3 is 3.10 bits per heavy atom. The van der Waals surface area contributed by atoms with Crippen molar-refractivity contribution in [3.8, 4) is 17.0 Å². The first-order valence-electron chi connectivity index (χ1n) is 7.09. The van der Waals surface area contributed by atoms with Gasteiger partial charge in [0.15, 0.2) is 0 Å². The van der Waals surface area contributed by atoms with Crippen LogP contribution in [0, 0.1) is 6.92 Å². The Labute approximate surface area is 124 Å². The minimum absolute atomic E-state index is 0.605. The zero-order chi connectivity index (χ0) is 13.9. The van der Waals surface area contributed by atoms with Crippen molar-refractivity contribution >= 4 is 11.3 Å². The highest BCUT2D eigenvalue weighted by atomic mass is 32.1. The van der Waals surface area contributed by atoms with Crippen LogP contribution in [0.15, 0.2) is 23.6 Å². The summed E-state index contributed by atoms with van der Waals surface area (Å²) in [5, 5.41) is 6.88. The van der Waals surface area contributed by atoms with Gasteiger partial charge in [-0.25, -0.2) is 4.98 Å². The molecule has 1 saturated heterocycles. The highest BCUT2D eigenvalue weighted by Crippen LogP contribution is 2.32. The molecule has 106 valence electrons. The van der Waals surface area contributed by atoms with E-state index in [4.69, 9.17) is 9.72 Å². The van der Waals surface area contributed by atoms with Gasteiger partial charge in [0.1, 0.15) is 5.75 Å². The SMILES string of the molecule is COc1ccc(C)cc1-c1csc(CC2CCCN2)n1. The van der Waals surface area contributed by atoms with Gasteiger partial charge in [0.05, 0.1) is 17.8 Å². The number of aryl methyl sites for hydroxylation is 1. The maximum atomic E-state index is 5.45. The van der Waals surface area contributed by atoms with Crippen molar-refractivity contribution in [1.29, 1.82) is 0 Å². The monoisotopic (exact) mass is 288 g/mol. The first kappa shape index (κ1) is 13.6. The van der Waals surface area contributed by atoms with Crippen LogP contribution in [-0.2, 0) is 6.42 Å². The lowest BCUT2D eigenvalue weighted by Gasteiger charge is -2.08. The van der Waals surface area contributed by atoms with Crippen molar-refractivity contribution in [3.63, 3.8) is 0 Å². The third-order valence-electron chi connectivity index (χ3n) is 3.77. The standard InChI is InChI=1S/C16H20N2OS/c1-11-5-6-15(19-2)13(8-11)14-10-20-16(18-14)9-12-4-3-7-17-12/h5-6,8,10,12,17H,3-4,7,9H2,1-2H3. The van der Waals surface area contributed by atoms with Crippen molar-refractivity contribution in [3.05, 3.63) is 34.2 Å². The number of ether oxygens (including phenoxy) is 1. The van der Waals surface area contributed by atoms with E-state index in [0.717, 1.165) is 30.0 Å². The van der Waals surface area contributed by atoms with Gasteiger partial charge in [0.2, 0.25) is 0 Å². The number of aromatic nitrogens is 1. The van der Waals surface area contributed by atoms with Gasteiger partial charge in [0.25, 0.3) is 0 Å². The largest absolute Gasteiger partial charge is 0.496 e. The summed E-state index contributed by atoms with van der Waals surface area (Å²) in [6.45, 7) is 3.24. The summed E-state index contributed by atoms with van der Waals surface area (Å²) in [6.07, 6.45) is 3.59. The van der Waals surface area contributed by atoms with Crippen LogP contribution in [0.4, 0.5) is 0 Å². The van der Waals surface area contributed by atoms with Gasteiger partial charge in [-0.1, -0.05) is 11.6 Å². The predicted octanol–water partition coefficient (Wildman–Crippen LogP) is 3.42. The van der Waals surface area contributed by atoms with Crippen LogP contribution < -0.4 is 10.1 Å². The van der Waals surface area contributed by atoms with E-state index in [1.165, 1.54) is 23.4 Å². The van der Waals surface area contributed by atoms with E-state index < -0.39 is 0 Å². The highest BCUT2D eigenvalue weighted by Gasteiger charge is 2.17. The summed E-state index contributed by atoms with van der Waals surface area (Å²) < 4.78 is 5.45. The Kier molecular flexibility index (Phi) is 4.03. The molecule has 0 amide bonds. The van der Waals surface area contributed by atoms with E-state index in [2.05, 4.69) is 29.8 Å². The number of nitrogens with one attached hydrogen (secondary N) is 1. The molecule has 1 N–H and O–H groups in total. The van der Waals surface area contributed by atoms with E-state index in [0.29, 0.717) is 6.04 Å². The normalized spacial score (nSPS) is 18.4. The number of nitrogens with zero attached hydrogens (tertiary/aromatic N) is 1. The topological polar surface area (TPSA) is 34.1 Å². The van der Waals surface area contributed by atoms with Crippen molar-refractivity contribution in [2.24, 2.45) is 0 Å². The van der Waals surface area contributed by atoms with Gasteiger partial charge in [-0.05, 0) is 38.4 Å². The van der Waals surface area contributed by atoms with E-state index in [1.807, 2.05) is 6.07 Å². The first-order valence-corrected chi connectivity index (χ1v) is 7.97. The molecule has 20 heavy (non-hydrogen) atoms. The van der Waals surface area contributed by atoms with Crippen LogP contribution in [0.5, 0.6) is 5.75 Å². The molecular weight excluding hydrogens is 268 g/mol. The molecule has 4 heteroatoms. The number of hydrogen-bond donors (Lipinski definition) is 1. The molecule has 0 spiro atoms. The molecule has 0 bridgehead atoms. The fourth-order valence-corrected chi connectivity index (χ4v) is 3.57. The molecule has 0 saturated carbocycles. The van der Waals surface area contributed by atoms with Gasteiger partial charge < -0.3 is 10.1 Å². The van der Waals surface area contributed by atoms with Crippen LogP contribution in [0.2, 0.25) is 0 Å². The zero-order valence-corrected chi connectivity index (χ0v) is 12.8. The summed E-state index contributed by atoms with van der Waals surface area (Å²) in [6, 6.07) is 6.83. The minimum atomic E-state index is 0.605. The number of methoxy groups -OCH3 is 1. The van der Waals surface area contributed by atoms with Crippen molar-refractivity contribution < 1.29 is 4.74 Å². The quantitative estimate of drug-likeness (QED) is 0.936. The van der Waals surface area contributed by atoms with Gasteiger partial charge in [-0.3, -0.25) is 0 Å². The van der Waals surface area contributed by atoms with Crippen LogP contribution in [0.25, 0.3) is 11.3 Å². The summed E-state index contributed by atoms with van der Waals surface area (Å²) in [5.74, 6) is 0.895. The Morgan fingerprint density at radius 1 is 1.45 bits per heavy atom. The van der Waals surface area contributed by atoms with Crippen LogP contribution >= 0.6 is 11.3 Å². The lowest BCUT2D eigenvalue weighted by atomic mass is 10.1. The summed E-state index contributed by atoms with van der Waals surface area (Å²) >= 11 is 1.75. The molecule has 1 aliphatic heterocycles. The van der Waals surface area contributed by atoms with E-state index in [9.17, 15) is 0 Å². The van der Waals surface area contributed by atoms with E-state index in [1.54, 1.807) is 18.4 Å². The van der Waals surface area contributed by atoms with Crippen LogP contribution in [-0.4, -0.2) is 24.7 Å². The maximum absolute atomic E-state index is 5.45. The minimum Gasteiger partial charge on any atom is -0.496 e. The molecule has 0 aliphatic carbocycles. The third-order valence-corrected chi connectivity index (χ3v) is 4.64. The van der Waals surface area contributed by atoms with E-state index in [-0.39, 0.29) is 0 Å². The highest BCUT2D eigenvalue weighted by molar-refractivity contribution is 7.09. The Hall–Kier alpha value is -1.39. The van der Waals surface area contributed by atoms with Gasteiger partial charge in [-0.15, -0.1) is 11.3 Å². The van der Waals surface area contributed by atoms with Gasteiger partial charge in [-0.2, -0.15) is 0 Å². The molecule has 1 unspecified atom stereocenters. The Bertz CT molecular complexity index is 588. The second kappa shape index (κ2) is 5.94. The summed E-state index contributed by atoms with van der Waals surface area (Å²) in [4.78, 5) is 4.79. The maximum Gasteiger partial charge on any atom is 0.128 e. The summed E-state index contributed by atoms with van der Waals surface area (Å²) in [5.41, 5.74) is 3.35. The Morgan fingerprint density at radius 2 is 2.35 bits per heavy atom. The fraction of sp³-hybridized carbons (Fsp3) is 0.438. The molecule has 1 aliphatic rings. The van der Waals surface area contributed by atoms with Crippen molar-refractivity contribution in [2.45, 2.75) is 32.2 Å². The molecule has 1 atom stereocenters. The van der Waals surface area contributed by atoms with Crippen LogP contribution in [0.3, 0.4) is 0 Å². The van der Waals surface area contributed by atoms with Crippen molar-refractivity contribution in [2.75, 3.05) is 13.7 Å². The number of rotatable bonds is 4. The molecule has 0 radical (unpaired) electrons. The second-order valence-corrected chi connectivity index (χ2v) is 6.27. The smallest absolute Gasteiger partial charge is 0.128 e. The Balaban J connectivity index is 1.83. The molecule has 1 fully saturated rings. The predicted molar refractivity (Wildman–Crippen MR) is 83.6 cm³/mol. The van der Waals surface area contributed by atoms with Crippen LogP contribution in [0.1, 0.15) is 23.4 Å². The molecule has 3 rings (SSSR count). The molecule has 3 nitrogen and oxygen atoms in total. The van der Waals surface area contributed by atoms with E-state index >= 15 is 0 Å². The summed E-state index contributed by atoms with van der Waals surface area (Å²) in [7, 11) is 1.71. The average molecular weight is 288 g/mol. The fourth-order valence-electron chi connectivity index (χ4n) is 2.69.